The number of methoxy groups -OCH3 is 1. The molecule has 0 amide bonds. The third-order valence-corrected chi connectivity index (χ3v) is 16.2. The van der Waals surface area contributed by atoms with E-state index in [0.717, 1.165) is 44.6 Å². The highest BCUT2D eigenvalue weighted by atomic mass is 16.6. The molecule has 9 atom stereocenters. The second-order valence-electron chi connectivity index (χ2n) is 20.2. The van der Waals surface area contributed by atoms with Crippen molar-refractivity contribution in [3.63, 3.8) is 0 Å². The largest absolute Gasteiger partial charge is 0.479 e. The highest BCUT2D eigenvalue weighted by molar-refractivity contribution is 5.78. The number of ether oxygens (including phenoxy) is 7. The lowest BCUT2D eigenvalue weighted by molar-refractivity contribution is -0.325. The lowest BCUT2D eigenvalue weighted by Gasteiger charge is -2.73. The minimum atomic E-state index is -1.05. The summed E-state index contributed by atoms with van der Waals surface area (Å²) < 4.78 is 40.6. The van der Waals surface area contributed by atoms with Crippen molar-refractivity contribution < 1.29 is 62.2 Å². The Bertz CT molecular complexity index is 1930. The normalized spacial score (nSPS) is 34.5. The molecule has 2 aliphatic heterocycles. The van der Waals surface area contributed by atoms with Gasteiger partial charge in [0.05, 0.1) is 30.5 Å². The second kappa shape index (κ2) is 14.7. The first-order chi connectivity index (χ1) is 28.2. The Morgan fingerprint density at radius 2 is 1.60 bits per heavy atom. The summed E-state index contributed by atoms with van der Waals surface area (Å²) in [5.41, 5.74) is -1.03. The van der Waals surface area contributed by atoms with Gasteiger partial charge in [-0.15, -0.1) is 0 Å². The van der Waals surface area contributed by atoms with E-state index in [1.807, 2.05) is 13.0 Å². The molecule has 2 heterocycles. The van der Waals surface area contributed by atoms with Crippen LogP contribution in [0.3, 0.4) is 0 Å². The van der Waals surface area contributed by atoms with Crippen molar-refractivity contribution in [3.8, 4) is 11.5 Å². The van der Waals surface area contributed by atoms with Crippen molar-refractivity contribution in [1.29, 1.82) is 0 Å². The van der Waals surface area contributed by atoms with E-state index in [1.165, 1.54) is 37.8 Å². The molecule has 4 bridgehead atoms. The van der Waals surface area contributed by atoms with Crippen molar-refractivity contribution in [2.75, 3.05) is 33.5 Å². The van der Waals surface area contributed by atoms with Crippen LogP contribution in [0.2, 0.25) is 0 Å². The van der Waals surface area contributed by atoms with Crippen LogP contribution in [0.15, 0.2) is 12.1 Å². The van der Waals surface area contributed by atoms with Crippen LogP contribution in [0.4, 0.5) is 0 Å². The number of esters is 5. The van der Waals surface area contributed by atoms with E-state index in [4.69, 9.17) is 33.2 Å². The van der Waals surface area contributed by atoms with Gasteiger partial charge < -0.3 is 38.3 Å². The summed E-state index contributed by atoms with van der Waals surface area (Å²) in [5, 5.41) is 12.6. The molecule has 1 saturated heterocycles. The molecule has 14 nitrogen and oxygen atoms in total. The summed E-state index contributed by atoms with van der Waals surface area (Å²) in [6.45, 7) is 13.6. The molecule has 60 heavy (non-hydrogen) atoms. The fraction of sp³-hybridized carbons (Fsp3) is 0.761. The van der Waals surface area contributed by atoms with Gasteiger partial charge in [-0.2, -0.15) is 0 Å². The van der Waals surface area contributed by atoms with E-state index in [2.05, 4.69) is 38.7 Å². The summed E-state index contributed by atoms with van der Waals surface area (Å²) in [6.07, 6.45) is 6.54. The minimum Gasteiger partial charge on any atom is -0.479 e. The van der Waals surface area contributed by atoms with Crippen molar-refractivity contribution in [3.05, 3.63) is 23.3 Å². The molecule has 0 aromatic heterocycles. The number of benzene rings is 1. The number of fused-ring (bicyclic) bond motifs is 2. The highest BCUT2D eigenvalue weighted by Crippen LogP contribution is 2.88. The number of aliphatic hydroxyl groups is 1. The number of unbranched alkanes of at least 4 members (excludes halogenated alkanes) is 1. The maximum atomic E-state index is 13.5. The van der Waals surface area contributed by atoms with Crippen molar-refractivity contribution in [2.45, 2.75) is 165 Å². The number of hydrogen-bond acceptors (Lipinski definition) is 14. The molecule has 1 aromatic rings. The standard InChI is InChI=1S/C46H63NO13/c1-27(48)56-24-31(25-57-28(2)49)58-36(52)17-16-34(50)55-20-10-9-11-35(51)59-32-15-14-30-21-44-26-45-37(30)38(32)60-42(45,7)46(54-8)19-18-43(45,39(44)47(44)23-29-12-13-29)22-33(46)41(6,53)40(3,4)5/h14-15,29,31,33,39,53H,9-13,16-26H2,1-8H3/t33-,39?,41+,42+,43-,44?,45+,46-,47?/m1/s1. The molecular formula is C46H63NO13. The van der Waals surface area contributed by atoms with Crippen LogP contribution >= 0.6 is 0 Å². The Labute approximate surface area is 352 Å². The fourth-order valence-electron chi connectivity index (χ4n) is 13.0. The topological polar surface area (TPSA) is 173 Å². The average Bonchev–Trinajstić information content (AvgIpc) is 4.06. The van der Waals surface area contributed by atoms with E-state index < -0.39 is 58.2 Å². The average molecular weight is 838 g/mol. The van der Waals surface area contributed by atoms with E-state index in [1.54, 1.807) is 7.11 Å². The summed E-state index contributed by atoms with van der Waals surface area (Å²) in [6, 6.07) is 4.45. The van der Waals surface area contributed by atoms with Crippen molar-refractivity contribution in [2.24, 2.45) is 22.7 Å². The Balaban J connectivity index is 0.922. The van der Waals surface area contributed by atoms with Crippen molar-refractivity contribution >= 4 is 29.8 Å². The number of hydrogen-bond donors (Lipinski definition) is 1. The fourth-order valence-corrected chi connectivity index (χ4v) is 13.0. The van der Waals surface area contributed by atoms with E-state index in [9.17, 15) is 29.1 Å². The number of carbonyl (C=O) groups is 5. The van der Waals surface area contributed by atoms with Gasteiger partial charge in [0.25, 0.3) is 0 Å². The van der Waals surface area contributed by atoms with Gasteiger partial charge in [0.2, 0.25) is 0 Å². The molecule has 1 N–H and O–H groups in total. The smallest absolute Gasteiger partial charge is 0.311 e. The zero-order chi connectivity index (χ0) is 43.3. The molecule has 5 saturated carbocycles. The summed E-state index contributed by atoms with van der Waals surface area (Å²) >= 11 is 0. The van der Waals surface area contributed by atoms with Gasteiger partial charge in [-0.25, -0.2) is 0 Å². The van der Waals surface area contributed by atoms with Crippen LogP contribution in [-0.4, -0.2) is 108 Å². The number of rotatable bonds is 18. The Morgan fingerprint density at radius 1 is 0.917 bits per heavy atom. The minimum absolute atomic E-state index is 0.0537. The number of nitrogens with zero attached hydrogens (tertiary/aromatic N) is 1. The lowest BCUT2D eigenvalue weighted by atomic mass is 9.34. The zero-order valence-corrected chi connectivity index (χ0v) is 36.6. The van der Waals surface area contributed by atoms with Gasteiger partial charge in [0, 0.05) is 62.4 Å². The van der Waals surface area contributed by atoms with Crippen LogP contribution < -0.4 is 9.47 Å². The van der Waals surface area contributed by atoms with Gasteiger partial charge >= 0.3 is 29.8 Å². The summed E-state index contributed by atoms with van der Waals surface area (Å²) in [7, 11) is 1.79. The van der Waals surface area contributed by atoms with Gasteiger partial charge in [-0.1, -0.05) is 26.8 Å². The first-order valence-electron chi connectivity index (χ1n) is 21.9. The predicted molar refractivity (Wildman–Crippen MR) is 214 cm³/mol. The molecular weight excluding hydrogens is 775 g/mol. The van der Waals surface area contributed by atoms with Gasteiger partial charge in [-0.05, 0) is 94.6 Å². The molecule has 9 rings (SSSR count). The van der Waals surface area contributed by atoms with Gasteiger partial charge in [-0.3, -0.25) is 28.9 Å². The Morgan fingerprint density at radius 3 is 2.23 bits per heavy atom. The van der Waals surface area contributed by atoms with Gasteiger partial charge in [0.1, 0.15) is 24.4 Å². The number of carbonyl (C=O) groups excluding carboxylic acids is 5. The number of piperidine rings is 1. The monoisotopic (exact) mass is 837 g/mol. The summed E-state index contributed by atoms with van der Waals surface area (Å²) in [4.78, 5) is 63.3. The molecule has 6 aliphatic carbocycles. The van der Waals surface area contributed by atoms with Crippen LogP contribution in [0, 0.1) is 22.7 Å². The Kier molecular flexibility index (Phi) is 10.5. The Hall–Kier alpha value is -3.75. The molecule has 3 unspecified atom stereocenters. The van der Waals surface area contributed by atoms with E-state index in [-0.39, 0.29) is 61.4 Å². The molecule has 14 heteroatoms. The molecule has 6 fully saturated rings. The maximum Gasteiger partial charge on any atom is 0.311 e. The van der Waals surface area contributed by atoms with Crippen LogP contribution in [0.1, 0.15) is 130 Å². The predicted octanol–water partition coefficient (Wildman–Crippen LogP) is 5.29. The zero-order valence-electron chi connectivity index (χ0n) is 36.6. The third kappa shape index (κ3) is 6.30. The number of likely N-dealkylation sites (tertiary alicyclic amines) is 1. The van der Waals surface area contributed by atoms with E-state index >= 15 is 0 Å². The van der Waals surface area contributed by atoms with Crippen LogP contribution in [0.25, 0.3) is 0 Å². The van der Waals surface area contributed by atoms with Crippen LogP contribution in [-0.2, 0) is 59.5 Å². The molecule has 0 radical (unpaired) electrons. The molecule has 3 spiro atoms. The maximum absolute atomic E-state index is 13.5. The van der Waals surface area contributed by atoms with E-state index in [0.29, 0.717) is 30.4 Å². The second-order valence-corrected chi connectivity index (χ2v) is 20.2. The summed E-state index contributed by atoms with van der Waals surface area (Å²) in [5.74, 6) is -1.28. The molecule has 8 aliphatic rings. The van der Waals surface area contributed by atoms with Gasteiger partial charge in [0.15, 0.2) is 17.6 Å². The lowest BCUT2D eigenvalue weighted by Crippen LogP contribution is -2.83. The quantitative estimate of drug-likeness (QED) is 0.0665. The van der Waals surface area contributed by atoms with Crippen LogP contribution in [0.5, 0.6) is 11.5 Å². The molecule has 1 aromatic carbocycles. The van der Waals surface area contributed by atoms with Crippen molar-refractivity contribution in [1.82, 2.24) is 4.90 Å². The first-order valence-corrected chi connectivity index (χ1v) is 21.9. The third-order valence-electron chi connectivity index (χ3n) is 16.2. The highest BCUT2D eigenvalue weighted by Gasteiger charge is 2.95. The molecule has 330 valence electrons. The SMILES string of the molecule is CO[C@]12CC[C@@]3(C[C@@H]1[C@](C)(O)C(C)(C)C)C1N(CC4CC4)C14Cc1ccc(OC(=O)CCCCOC(=O)CCC(=O)OC(COC(C)=O)COC(C)=O)c5c1[C@@]3(C4)[C@]2(C)O5. The first kappa shape index (κ1) is 42.9.